The van der Waals surface area contributed by atoms with E-state index in [0.717, 1.165) is 23.8 Å². The van der Waals surface area contributed by atoms with E-state index in [1.165, 1.54) is 68.1 Å². The Labute approximate surface area is 175 Å². The summed E-state index contributed by atoms with van der Waals surface area (Å²) in [6.07, 6.45) is 12.8. The molecule has 0 aliphatic heterocycles. The van der Waals surface area contributed by atoms with Crippen LogP contribution in [0.3, 0.4) is 0 Å². The summed E-state index contributed by atoms with van der Waals surface area (Å²) in [6.45, 7) is 2.29. The molecule has 0 aromatic heterocycles. The van der Waals surface area contributed by atoms with Crippen molar-refractivity contribution in [1.29, 1.82) is 5.26 Å². The molecule has 1 fully saturated rings. The second-order valence-corrected chi connectivity index (χ2v) is 8.78. The molecule has 0 radical (unpaired) electrons. The van der Waals surface area contributed by atoms with Crippen LogP contribution in [0.15, 0.2) is 42.5 Å². The Bertz CT molecular complexity index is 779. The maximum atomic E-state index is 8.90. The third-order valence-corrected chi connectivity index (χ3v) is 6.73. The minimum absolute atomic E-state index is 0.688. The lowest BCUT2D eigenvalue weighted by atomic mass is 9.77. The van der Waals surface area contributed by atoms with Gasteiger partial charge in [0, 0.05) is 5.02 Å². The second kappa shape index (κ2) is 10.7. The first-order valence-corrected chi connectivity index (χ1v) is 11.3. The smallest absolute Gasteiger partial charge is 0.0991 e. The number of unbranched alkanes of at least 4 members (excludes halogenated alkanes) is 2. The zero-order valence-electron chi connectivity index (χ0n) is 17.1. The fraction of sp³-hybridized carbons (Fsp3) is 0.500. The number of aryl methyl sites for hydroxylation is 2. The van der Waals surface area contributed by atoms with Gasteiger partial charge in [-0.15, -0.1) is 0 Å². The van der Waals surface area contributed by atoms with E-state index in [4.69, 9.17) is 16.9 Å². The minimum Gasteiger partial charge on any atom is -0.192 e. The molecule has 0 saturated heterocycles. The van der Waals surface area contributed by atoms with Gasteiger partial charge in [-0.1, -0.05) is 68.5 Å². The molecule has 2 aromatic carbocycles. The molecule has 2 heteroatoms. The van der Waals surface area contributed by atoms with E-state index < -0.39 is 0 Å². The zero-order chi connectivity index (χ0) is 19.8. The largest absolute Gasteiger partial charge is 0.192 e. The lowest BCUT2D eigenvalue weighted by molar-refractivity contribution is 0.303. The van der Waals surface area contributed by atoms with Crippen LogP contribution in [-0.2, 0) is 12.8 Å². The molecule has 0 N–H and O–H groups in total. The summed E-state index contributed by atoms with van der Waals surface area (Å²) in [5.41, 5.74) is 4.62. The number of hydrogen-bond acceptors (Lipinski definition) is 1. The van der Waals surface area contributed by atoms with Crippen LogP contribution in [0, 0.1) is 17.2 Å². The van der Waals surface area contributed by atoms with Gasteiger partial charge in [0.15, 0.2) is 0 Å². The predicted octanol–water partition coefficient (Wildman–Crippen LogP) is 7.85. The van der Waals surface area contributed by atoms with Crippen molar-refractivity contribution in [1.82, 2.24) is 0 Å². The molecule has 148 valence electrons. The standard InChI is InChI=1S/C26H32ClN/c1-2-3-4-5-20-10-13-23(14-11-20)25-17-16-24(26(27)18-25)15-12-21-6-8-22(19-28)9-7-21/h6-9,16-18,20,23H,2-5,10-15H2,1H3. The Morgan fingerprint density at radius 3 is 2.36 bits per heavy atom. The van der Waals surface area contributed by atoms with E-state index in [1.54, 1.807) is 0 Å². The van der Waals surface area contributed by atoms with E-state index in [-0.39, 0.29) is 0 Å². The van der Waals surface area contributed by atoms with E-state index in [9.17, 15) is 0 Å². The summed E-state index contributed by atoms with van der Waals surface area (Å²) in [5.74, 6) is 1.64. The van der Waals surface area contributed by atoms with Crippen molar-refractivity contribution < 1.29 is 0 Å². The summed E-state index contributed by atoms with van der Waals surface area (Å²) in [4.78, 5) is 0. The Kier molecular flexibility index (Phi) is 7.99. The van der Waals surface area contributed by atoms with Crippen LogP contribution < -0.4 is 0 Å². The number of nitriles is 1. The number of hydrogen-bond donors (Lipinski definition) is 0. The van der Waals surface area contributed by atoms with Crippen molar-refractivity contribution in [3.63, 3.8) is 0 Å². The highest BCUT2D eigenvalue weighted by Crippen LogP contribution is 2.38. The lowest BCUT2D eigenvalue weighted by Gasteiger charge is -2.29. The average molecular weight is 394 g/mol. The van der Waals surface area contributed by atoms with Crippen LogP contribution in [0.25, 0.3) is 0 Å². The first-order chi connectivity index (χ1) is 13.7. The third kappa shape index (κ3) is 5.86. The zero-order valence-corrected chi connectivity index (χ0v) is 17.8. The molecule has 0 spiro atoms. The van der Waals surface area contributed by atoms with E-state index in [1.807, 2.05) is 24.3 Å². The summed E-state index contributed by atoms with van der Waals surface area (Å²) in [5, 5.41) is 9.81. The van der Waals surface area contributed by atoms with Crippen molar-refractivity contribution in [3.8, 4) is 6.07 Å². The van der Waals surface area contributed by atoms with E-state index >= 15 is 0 Å². The highest BCUT2D eigenvalue weighted by atomic mass is 35.5. The Morgan fingerprint density at radius 2 is 1.71 bits per heavy atom. The number of halogens is 1. The summed E-state index contributed by atoms with van der Waals surface area (Å²) in [7, 11) is 0. The summed E-state index contributed by atoms with van der Waals surface area (Å²) < 4.78 is 0. The fourth-order valence-corrected chi connectivity index (χ4v) is 4.80. The van der Waals surface area contributed by atoms with Crippen molar-refractivity contribution >= 4 is 11.6 Å². The molecule has 0 amide bonds. The maximum absolute atomic E-state index is 8.90. The van der Waals surface area contributed by atoms with Crippen LogP contribution in [0.5, 0.6) is 0 Å². The molecule has 0 heterocycles. The fourth-order valence-electron chi connectivity index (χ4n) is 4.51. The van der Waals surface area contributed by atoms with Gasteiger partial charge in [-0.05, 0) is 85.3 Å². The Hall–Kier alpha value is -1.78. The van der Waals surface area contributed by atoms with Crippen LogP contribution in [0.2, 0.25) is 5.02 Å². The molecule has 3 rings (SSSR count). The monoisotopic (exact) mass is 393 g/mol. The van der Waals surface area contributed by atoms with Gasteiger partial charge in [-0.25, -0.2) is 0 Å². The van der Waals surface area contributed by atoms with Gasteiger partial charge in [-0.3, -0.25) is 0 Å². The molecular formula is C26H32ClN. The molecular weight excluding hydrogens is 362 g/mol. The molecule has 0 unspecified atom stereocenters. The highest BCUT2D eigenvalue weighted by molar-refractivity contribution is 6.31. The molecule has 28 heavy (non-hydrogen) atoms. The molecule has 2 aromatic rings. The molecule has 0 atom stereocenters. The van der Waals surface area contributed by atoms with E-state index in [0.29, 0.717) is 11.5 Å². The van der Waals surface area contributed by atoms with Gasteiger partial charge in [0.25, 0.3) is 0 Å². The molecule has 1 aliphatic rings. The van der Waals surface area contributed by atoms with Crippen molar-refractivity contribution in [2.75, 3.05) is 0 Å². The first kappa shape index (κ1) is 20.9. The van der Waals surface area contributed by atoms with Gasteiger partial charge in [0.05, 0.1) is 11.6 Å². The second-order valence-electron chi connectivity index (χ2n) is 8.37. The number of benzene rings is 2. The molecule has 1 nitrogen and oxygen atoms in total. The van der Waals surface area contributed by atoms with Crippen molar-refractivity contribution in [2.45, 2.75) is 77.0 Å². The predicted molar refractivity (Wildman–Crippen MR) is 119 cm³/mol. The van der Waals surface area contributed by atoms with Gasteiger partial charge in [0.2, 0.25) is 0 Å². The van der Waals surface area contributed by atoms with E-state index in [2.05, 4.69) is 31.2 Å². The van der Waals surface area contributed by atoms with Crippen LogP contribution in [-0.4, -0.2) is 0 Å². The Morgan fingerprint density at radius 1 is 0.964 bits per heavy atom. The SMILES string of the molecule is CCCCCC1CCC(c2ccc(CCc3ccc(C#N)cc3)c(Cl)c2)CC1. The minimum atomic E-state index is 0.688. The highest BCUT2D eigenvalue weighted by Gasteiger charge is 2.22. The number of nitrogens with zero attached hydrogens (tertiary/aromatic N) is 1. The van der Waals surface area contributed by atoms with Crippen LogP contribution >= 0.6 is 11.6 Å². The average Bonchev–Trinajstić information content (AvgIpc) is 2.74. The van der Waals surface area contributed by atoms with Gasteiger partial charge in [-0.2, -0.15) is 5.26 Å². The lowest BCUT2D eigenvalue weighted by Crippen LogP contribution is -2.13. The topological polar surface area (TPSA) is 23.8 Å². The van der Waals surface area contributed by atoms with Crippen molar-refractivity contribution in [2.24, 2.45) is 5.92 Å². The third-order valence-electron chi connectivity index (χ3n) is 6.38. The Balaban J connectivity index is 1.52. The molecule has 1 aliphatic carbocycles. The van der Waals surface area contributed by atoms with Crippen LogP contribution in [0.4, 0.5) is 0 Å². The van der Waals surface area contributed by atoms with Gasteiger partial charge in [0.1, 0.15) is 0 Å². The summed E-state index contributed by atoms with van der Waals surface area (Å²) >= 11 is 6.63. The van der Waals surface area contributed by atoms with Gasteiger partial charge >= 0.3 is 0 Å². The normalized spacial score (nSPS) is 19.3. The van der Waals surface area contributed by atoms with Crippen LogP contribution in [0.1, 0.15) is 86.5 Å². The molecule has 1 saturated carbocycles. The maximum Gasteiger partial charge on any atom is 0.0991 e. The quantitative estimate of drug-likeness (QED) is 0.419. The van der Waals surface area contributed by atoms with Gasteiger partial charge < -0.3 is 0 Å². The molecule has 0 bridgehead atoms. The van der Waals surface area contributed by atoms with Crippen molar-refractivity contribution in [3.05, 3.63) is 69.7 Å². The summed E-state index contributed by atoms with van der Waals surface area (Å²) in [6, 6.07) is 16.8. The first-order valence-electron chi connectivity index (χ1n) is 11.0. The number of rotatable bonds is 8.